The van der Waals surface area contributed by atoms with Crippen molar-refractivity contribution in [2.75, 3.05) is 19.9 Å². The minimum absolute atomic E-state index is 0.166. The highest BCUT2D eigenvalue weighted by molar-refractivity contribution is 4.80. The second kappa shape index (κ2) is 5.49. The van der Waals surface area contributed by atoms with Gasteiger partial charge in [0.25, 0.3) is 0 Å². The van der Waals surface area contributed by atoms with E-state index in [0.717, 1.165) is 12.8 Å². The molecule has 0 aliphatic carbocycles. The summed E-state index contributed by atoms with van der Waals surface area (Å²) in [5.41, 5.74) is 5.64. The monoisotopic (exact) mass is 163 g/mol. The molecule has 3 heteroatoms. The number of rotatable bonds is 6. The van der Waals surface area contributed by atoms with Crippen LogP contribution in [0.15, 0.2) is 0 Å². The molecule has 2 nitrogen and oxygen atoms in total. The molecule has 0 saturated heterocycles. The number of halogens is 1. The third-order valence-electron chi connectivity index (χ3n) is 2.02. The largest absolute Gasteiger partial charge is 0.377 e. The molecule has 0 amide bonds. The Hall–Kier alpha value is -0.150. The third kappa shape index (κ3) is 4.32. The predicted molar refractivity (Wildman–Crippen MR) is 44.3 cm³/mol. The van der Waals surface area contributed by atoms with Gasteiger partial charge in [-0.2, -0.15) is 0 Å². The summed E-state index contributed by atoms with van der Waals surface area (Å²) in [6.45, 7) is 4.23. The minimum atomic E-state index is -0.427. The Morgan fingerprint density at radius 3 is 2.27 bits per heavy atom. The Morgan fingerprint density at radius 1 is 1.36 bits per heavy atom. The van der Waals surface area contributed by atoms with Gasteiger partial charge in [-0.15, -0.1) is 0 Å². The van der Waals surface area contributed by atoms with Crippen LogP contribution in [-0.4, -0.2) is 25.4 Å². The fourth-order valence-corrected chi connectivity index (χ4v) is 0.784. The molecule has 0 saturated carbocycles. The normalized spacial score (nSPS) is 12.0. The van der Waals surface area contributed by atoms with Crippen LogP contribution >= 0.6 is 0 Å². The zero-order valence-corrected chi connectivity index (χ0v) is 7.40. The van der Waals surface area contributed by atoms with Crippen molar-refractivity contribution >= 4 is 0 Å². The first kappa shape index (κ1) is 10.8. The summed E-state index contributed by atoms with van der Waals surface area (Å²) in [7, 11) is 0. The summed E-state index contributed by atoms with van der Waals surface area (Å²) in [6, 6.07) is 0. The fraction of sp³-hybridized carbons (Fsp3) is 1.00. The fourth-order valence-electron chi connectivity index (χ4n) is 0.784. The highest BCUT2D eigenvalue weighted by Gasteiger charge is 2.19. The maximum atomic E-state index is 11.6. The van der Waals surface area contributed by atoms with Crippen molar-refractivity contribution in [2.45, 2.75) is 32.2 Å². The van der Waals surface area contributed by atoms with E-state index >= 15 is 0 Å². The van der Waals surface area contributed by atoms with E-state index in [1.807, 2.05) is 13.8 Å². The maximum absolute atomic E-state index is 11.6. The Kier molecular flexibility index (Phi) is 5.42. The molecule has 0 aromatic heterocycles. The van der Waals surface area contributed by atoms with Crippen LogP contribution in [0.3, 0.4) is 0 Å². The number of hydrogen-bond acceptors (Lipinski definition) is 2. The van der Waals surface area contributed by atoms with Crippen LogP contribution in [0.5, 0.6) is 0 Å². The van der Waals surface area contributed by atoms with E-state index in [4.69, 9.17) is 10.5 Å². The molecule has 0 heterocycles. The van der Waals surface area contributed by atoms with Gasteiger partial charge in [0.05, 0.1) is 13.2 Å². The Balaban J connectivity index is 3.51. The third-order valence-corrected chi connectivity index (χ3v) is 2.02. The second-order valence-electron chi connectivity index (χ2n) is 2.81. The van der Waals surface area contributed by atoms with Gasteiger partial charge >= 0.3 is 0 Å². The lowest BCUT2D eigenvalue weighted by atomic mass is 9.96. The topological polar surface area (TPSA) is 35.2 Å². The van der Waals surface area contributed by atoms with Gasteiger partial charge in [-0.25, -0.2) is 4.39 Å². The smallest absolute Gasteiger partial charge is 0.113 e. The molecular weight excluding hydrogens is 145 g/mol. The van der Waals surface area contributed by atoms with Gasteiger partial charge in [-0.1, -0.05) is 13.8 Å². The first-order valence-corrected chi connectivity index (χ1v) is 4.11. The maximum Gasteiger partial charge on any atom is 0.113 e. The Bertz CT molecular complexity index is 94.1. The molecule has 68 valence electrons. The van der Waals surface area contributed by atoms with Gasteiger partial charge in [0.15, 0.2) is 0 Å². The zero-order valence-electron chi connectivity index (χ0n) is 7.40. The van der Waals surface area contributed by atoms with Gasteiger partial charge in [0.1, 0.15) is 6.67 Å². The summed E-state index contributed by atoms with van der Waals surface area (Å²) in [6.07, 6.45) is 1.74. The van der Waals surface area contributed by atoms with E-state index in [-0.39, 0.29) is 12.1 Å². The summed E-state index contributed by atoms with van der Waals surface area (Å²) in [5.74, 6) is 0. The summed E-state index contributed by atoms with van der Waals surface area (Å²) in [4.78, 5) is 0. The van der Waals surface area contributed by atoms with Crippen LogP contribution in [0, 0.1) is 0 Å². The minimum Gasteiger partial charge on any atom is -0.377 e. The van der Waals surface area contributed by atoms with Crippen LogP contribution in [0.4, 0.5) is 4.39 Å². The molecule has 0 fully saturated rings. The lowest BCUT2D eigenvalue weighted by Crippen LogP contribution is -2.43. The quantitative estimate of drug-likeness (QED) is 0.602. The van der Waals surface area contributed by atoms with Gasteiger partial charge in [0.2, 0.25) is 0 Å². The van der Waals surface area contributed by atoms with E-state index in [2.05, 4.69) is 0 Å². The molecule has 0 rings (SSSR count). The van der Waals surface area contributed by atoms with E-state index in [0.29, 0.717) is 6.61 Å². The number of hydrogen-bond donors (Lipinski definition) is 1. The number of ether oxygens (including phenoxy) is 1. The van der Waals surface area contributed by atoms with Crippen LogP contribution in [0.1, 0.15) is 26.7 Å². The van der Waals surface area contributed by atoms with Crippen LogP contribution < -0.4 is 5.73 Å². The van der Waals surface area contributed by atoms with Crippen molar-refractivity contribution in [3.63, 3.8) is 0 Å². The average Bonchev–Trinajstić information content (AvgIpc) is 2.05. The van der Waals surface area contributed by atoms with Crippen molar-refractivity contribution in [1.29, 1.82) is 0 Å². The molecule has 2 N–H and O–H groups in total. The zero-order chi connectivity index (χ0) is 8.74. The molecular formula is C8H18FNO. The lowest BCUT2D eigenvalue weighted by molar-refractivity contribution is 0.0716. The molecule has 0 aromatic rings. The van der Waals surface area contributed by atoms with Crippen LogP contribution in [0.25, 0.3) is 0 Å². The summed E-state index contributed by atoms with van der Waals surface area (Å²) in [5, 5.41) is 0. The highest BCUT2D eigenvalue weighted by atomic mass is 19.1. The molecule has 0 radical (unpaired) electrons. The molecule has 0 atom stereocenters. The van der Waals surface area contributed by atoms with Gasteiger partial charge in [0, 0.05) is 5.54 Å². The number of nitrogens with two attached hydrogens (primary N) is 1. The highest BCUT2D eigenvalue weighted by Crippen LogP contribution is 2.10. The van der Waals surface area contributed by atoms with E-state index in [9.17, 15) is 4.39 Å². The van der Waals surface area contributed by atoms with Crippen molar-refractivity contribution < 1.29 is 9.13 Å². The van der Waals surface area contributed by atoms with E-state index in [1.165, 1.54) is 0 Å². The first-order valence-electron chi connectivity index (χ1n) is 4.11. The Morgan fingerprint density at radius 2 is 1.91 bits per heavy atom. The standard InChI is InChI=1S/C8H18FNO/c1-3-8(10,4-2)7-11-6-5-9/h3-7,10H2,1-2H3. The van der Waals surface area contributed by atoms with Crippen LogP contribution in [-0.2, 0) is 4.74 Å². The van der Waals surface area contributed by atoms with Crippen molar-refractivity contribution in [2.24, 2.45) is 5.73 Å². The molecule has 0 spiro atoms. The first-order chi connectivity index (χ1) is 5.18. The van der Waals surface area contributed by atoms with E-state index in [1.54, 1.807) is 0 Å². The molecule has 0 aliphatic heterocycles. The average molecular weight is 163 g/mol. The summed E-state index contributed by atoms with van der Waals surface area (Å²) < 4.78 is 16.6. The van der Waals surface area contributed by atoms with E-state index < -0.39 is 6.67 Å². The molecule has 0 aromatic carbocycles. The number of alkyl halides is 1. The Labute approximate surface area is 67.9 Å². The molecule has 11 heavy (non-hydrogen) atoms. The van der Waals surface area contributed by atoms with Crippen molar-refractivity contribution in [3.8, 4) is 0 Å². The van der Waals surface area contributed by atoms with Crippen molar-refractivity contribution in [1.82, 2.24) is 0 Å². The lowest BCUT2D eigenvalue weighted by Gasteiger charge is -2.25. The van der Waals surface area contributed by atoms with Crippen LogP contribution in [0.2, 0.25) is 0 Å². The predicted octanol–water partition coefficient (Wildman–Crippen LogP) is 1.49. The molecule has 0 unspecified atom stereocenters. The van der Waals surface area contributed by atoms with Gasteiger partial charge in [-0.3, -0.25) is 0 Å². The van der Waals surface area contributed by atoms with Crippen molar-refractivity contribution in [3.05, 3.63) is 0 Å². The molecule has 0 bridgehead atoms. The second-order valence-corrected chi connectivity index (χ2v) is 2.81. The SMILES string of the molecule is CCC(N)(CC)COCCF. The van der Waals surface area contributed by atoms with Gasteiger partial charge < -0.3 is 10.5 Å². The molecule has 0 aliphatic rings. The summed E-state index contributed by atoms with van der Waals surface area (Å²) >= 11 is 0. The van der Waals surface area contributed by atoms with Gasteiger partial charge in [-0.05, 0) is 12.8 Å².